The molecule has 1 rings (SSSR count). The maximum Gasteiger partial charge on any atom is 0.330 e. The molecule has 0 aliphatic carbocycles. The Morgan fingerprint density at radius 1 is 1.70 bits per heavy atom. The third kappa shape index (κ3) is 1.50. The van der Waals surface area contributed by atoms with Crippen LogP contribution in [0.25, 0.3) is 0 Å². The van der Waals surface area contributed by atoms with Crippen LogP contribution in [-0.2, 0) is 9.53 Å². The maximum atomic E-state index is 10.7. The Kier molecular flexibility index (Phi) is 1.94. The molecule has 1 heterocycles. The average molecular weight is 141 g/mol. The van der Waals surface area contributed by atoms with Gasteiger partial charge in [0.25, 0.3) is 0 Å². The second-order valence-electron chi connectivity index (χ2n) is 2.54. The largest absolute Gasteiger partial charge is 0.432 e. The number of carbonyl (C=O) groups is 1. The summed E-state index contributed by atoms with van der Waals surface area (Å²) in [5, 5.41) is 0. The van der Waals surface area contributed by atoms with Crippen molar-refractivity contribution in [3.8, 4) is 0 Å². The number of hydrogen-bond donors (Lipinski definition) is 0. The van der Waals surface area contributed by atoms with Gasteiger partial charge in [-0.3, -0.25) is 0 Å². The molecule has 0 saturated carbocycles. The maximum absolute atomic E-state index is 10.7. The molecule has 0 atom stereocenters. The Balaban J connectivity index is 2.55. The summed E-state index contributed by atoms with van der Waals surface area (Å²) in [4.78, 5) is 12.6. The molecule has 56 valence electrons. The molecule has 3 nitrogen and oxygen atoms in total. The smallest absolute Gasteiger partial charge is 0.330 e. The van der Waals surface area contributed by atoms with Gasteiger partial charge >= 0.3 is 5.97 Å². The molecular weight excluding hydrogens is 130 g/mol. The number of rotatable bonds is 1. The van der Waals surface area contributed by atoms with Crippen LogP contribution in [0.1, 0.15) is 13.8 Å². The third-order valence-corrected chi connectivity index (χ3v) is 1.43. The van der Waals surface area contributed by atoms with E-state index in [2.05, 4.69) is 4.74 Å². The molecule has 0 bridgehead atoms. The minimum Gasteiger partial charge on any atom is -0.432 e. The SMILES string of the molecule is CC(C)N1C=COC(=O)C1. The van der Waals surface area contributed by atoms with Gasteiger partial charge < -0.3 is 9.64 Å². The standard InChI is InChI=1S/C7H11NO2/c1-6(2)8-3-4-10-7(9)5-8/h3-4,6H,5H2,1-2H3. The monoisotopic (exact) mass is 141 g/mol. The van der Waals surface area contributed by atoms with E-state index in [1.807, 2.05) is 18.7 Å². The zero-order valence-corrected chi connectivity index (χ0v) is 6.20. The van der Waals surface area contributed by atoms with E-state index in [9.17, 15) is 4.79 Å². The van der Waals surface area contributed by atoms with Crippen molar-refractivity contribution in [1.29, 1.82) is 0 Å². The molecule has 0 fully saturated rings. The lowest BCUT2D eigenvalue weighted by Gasteiger charge is -2.25. The minimum absolute atomic E-state index is 0.184. The Labute approximate surface area is 60.3 Å². The lowest BCUT2D eigenvalue weighted by atomic mass is 10.3. The zero-order chi connectivity index (χ0) is 7.56. The van der Waals surface area contributed by atoms with Crippen molar-refractivity contribution in [3.63, 3.8) is 0 Å². The second kappa shape index (κ2) is 2.73. The Morgan fingerprint density at radius 2 is 2.40 bits per heavy atom. The lowest BCUT2D eigenvalue weighted by molar-refractivity contribution is -0.140. The summed E-state index contributed by atoms with van der Waals surface area (Å²) in [6, 6.07) is 0.365. The average Bonchev–Trinajstić information content (AvgIpc) is 1.88. The molecule has 0 saturated heterocycles. The molecule has 0 spiro atoms. The van der Waals surface area contributed by atoms with Gasteiger partial charge in [0.2, 0.25) is 0 Å². The number of ether oxygens (including phenoxy) is 1. The van der Waals surface area contributed by atoms with Crippen LogP contribution in [0.4, 0.5) is 0 Å². The molecule has 0 N–H and O–H groups in total. The quantitative estimate of drug-likeness (QED) is 0.504. The molecule has 0 aromatic rings. The summed E-state index contributed by atoms with van der Waals surface area (Å²) >= 11 is 0. The van der Waals surface area contributed by atoms with Crippen molar-refractivity contribution in [2.45, 2.75) is 19.9 Å². The van der Waals surface area contributed by atoms with Gasteiger partial charge in [-0.1, -0.05) is 0 Å². The summed E-state index contributed by atoms with van der Waals surface area (Å²) in [6.07, 6.45) is 3.21. The molecule has 0 unspecified atom stereocenters. The number of hydrogen-bond acceptors (Lipinski definition) is 3. The number of carbonyl (C=O) groups excluding carboxylic acids is 1. The van der Waals surface area contributed by atoms with Gasteiger partial charge in [0.15, 0.2) is 0 Å². The lowest BCUT2D eigenvalue weighted by Crippen LogP contribution is -2.34. The van der Waals surface area contributed by atoms with E-state index >= 15 is 0 Å². The molecule has 0 aromatic heterocycles. The van der Waals surface area contributed by atoms with Crippen molar-refractivity contribution in [2.24, 2.45) is 0 Å². The highest BCUT2D eigenvalue weighted by atomic mass is 16.5. The number of cyclic esters (lactones) is 1. The van der Waals surface area contributed by atoms with Crippen molar-refractivity contribution >= 4 is 5.97 Å². The molecular formula is C7H11NO2. The van der Waals surface area contributed by atoms with Crippen LogP contribution in [0.3, 0.4) is 0 Å². The minimum atomic E-state index is -0.184. The van der Waals surface area contributed by atoms with Crippen LogP contribution in [0, 0.1) is 0 Å². The van der Waals surface area contributed by atoms with E-state index in [1.54, 1.807) is 6.20 Å². The second-order valence-corrected chi connectivity index (χ2v) is 2.54. The molecule has 0 aromatic carbocycles. The van der Waals surface area contributed by atoms with Crippen molar-refractivity contribution < 1.29 is 9.53 Å². The molecule has 1 aliphatic heterocycles. The van der Waals surface area contributed by atoms with Crippen LogP contribution in [-0.4, -0.2) is 23.5 Å². The van der Waals surface area contributed by atoms with Gasteiger partial charge in [-0.15, -0.1) is 0 Å². The first-order valence-corrected chi connectivity index (χ1v) is 3.32. The van der Waals surface area contributed by atoms with Crippen LogP contribution in [0.15, 0.2) is 12.5 Å². The van der Waals surface area contributed by atoms with E-state index < -0.39 is 0 Å². The normalized spacial score (nSPS) is 17.9. The summed E-state index contributed by atoms with van der Waals surface area (Å²) in [6.45, 7) is 4.43. The van der Waals surface area contributed by atoms with E-state index in [-0.39, 0.29) is 5.97 Å². The highest BCUT2D eigenvalue weighted by Crippen LogP contribution is 2.03. The summed E-state index contributed by atoms with van der Waals surface area (Å²) in [5.41, 5.74) is 0. The summed E-state index contributed by atoms with van der Waals surface area (Å²) in [7, 11) is 0. The highest BCUT2D eigenvalue weighted by molar-refractivity contribution is 5.73. The predicted octanol–water partition coefficient (Wildman–Crippen LogP) is 0.725. The summed E-state index contributed by atoms with van der Waals surface area (Å²) < 4.78 is 4.60. The molecule has 0 radical (unpaired) electrons. The Hall–Kier alpha value is -0.990. The van der Waals surface area contributed by atoms with Gasteiger partial charge in [0.1, 0.15) is 12.8 Å². The van der Waals surface area contributed by atoms with E-state index in [0.29, 0.717) is 12.6 Å². The van der Waals surface area contributed by atoms with Gasteiger partial charge in [0, 0.05) is 12.2 Å². The van der Waals surface area contributed by atoms with Crippen molar-refractivity contribution in [1.82, 2.24) is 4.90 Å². The summed E-state index contributed by atoms with van der Waals surface area (Å²) in [5.74, 6) is -0.184. The van der Waals surface area contributed by atoms with Crippen LogP contribution >= 0.6 is 0 Å². The first-order chi connectivity index (χ1) is 4.70. The molecule has 10 heavy (non-hydrogen) atoms. The van der Waals surface area contributed by atoms with Gasteiger partial charge in [0.05, 0.1) is 0 Å². The van der Waals surface area contributed by atoms with Crippen LogP contribution < -0.4 is 0 Å². The van der Waals surface area contributed by atoms with E-state index in [0.717, 1.165) is 0 Å². The zero-order valence-electron chi connectivity index (χ0n) is 6.20. The number of esters is 1. The van der Waals surface area contributed by atoms with Crippen molar-refractivity contribution in [2.75, 3.05) is 6.54 Å². The fourth-order valence-electron chi connectivity index (χ4n) is 0.778. The van der Waals surface area contributed by atoms with Gasteiger partial charge in [-0.05, 0) is 13.8 Å². The van der Waals surface area contributed by atoms with Crippen LogP contribution in [0.5, 0.6) is 0 Å². The van der Waals surface area contributed by atoms with Crippen molar-refractivity contribution in [3.05, 3.63) is 12.5 Å². The van der Waals surface area contributed by atoms with E-state index in [4.69, 9.17) is 0 Å². The third-order valence-electron chi connectivity index (χ3n) is 1.43. The Morgan fingerprint density at radius 3 is 2.80 bits per heavy atom. The molecule has 0 amide bonds. The molecule has 1 aliphatic rings. The first-order valence-electron chi connectivity index (χ1n) is 3.32. The molecule has 3 heteroatoms. The topological polar surface area (TPSA) is 29.5 Å². The van der Waals surface area contributed by atoms with Gasteiger partial charge in [-0.25, -0.2) is 4.79 Å². The van der Waals surface area contributed by atoms with Gasteiger partial charge in [-0.2, -0.15) is 0 Å². The highest BCUT2D eigenvalue weighted by Gasteiger charge is 2.13. The predicted molar refractivity (Wildman–Crippen MR) is 37.1 cm³/mol. The fourth-order valence-corrected chi connectivity index (χ4v) is 0.778. The fraction of sp³-hybridized carbons (Fsp3) is 0.571. The Bertz CT molecular complexity index is 163. The first kappa shape index (κ1) is 7.12. The van der Waals surface area contributed by atoms with E-state index in [1.165, 1.54) is 6.26 Å². The van der Waals surface area contributed by atoms with Crippen LogP contribution in [0.2, 0.25) is 0 Å². The number of nitrogens with zero attached hydrogens (tertiary/aromatic N) is 1.